The predicted octanol–water partition coefficient (Wildman–Crippen LogP) is 2.93. The Kier molecular flexibility index (Phi) is 4.57. The monoisotopic (exact) mass is 284 g/mol. The summed E-state index contributed by atoms with van der Waals surface area (Å²) >= 11 is 1.44. The third-order valence-electron chi connectivity index (χ3n) is 2.82. The molecule has 0 radical (unpaired) electrons. The predicted molar refractivity (Wildman–Crippen MR) is 84.1 cm³/mol. The Hall–Kier alpha value is -2.09. The SMILES string of the molecule is Cc1ccc(NC(=O)c2sccc2C)c(C#CCN)c1. The van der Waals surface area contributed by atoms with Crippen molar-refractivity contribution in [3.05, 3.63) is 51.2 Å². The average molecular weight is 284 g/mol. The molecule has 3 N–H and O–H groups in total. The highest BCUT2D eigenvalue weighted by molar-refractivity contribution is 7.12. The largest absolute Gasteiger partial charge is 0.320 e. The molecular formula is C16H16N2OS. The first-order valence-electron chi connectivity index (χ1n) is 6.27. The molecule has 1 amide bonds. The number of benzene rings is 1. The molecule has 0 atom stereocenters. The van der Waals surface area contributed by atoms with E-state index in [0.717, 1.165) is 21.6 Å². The molecule has 2 rings (SSSR count). The molecule has 0 aliphatic carbocycles. The lowest BCUT2D eigenvalue weighted by Crippen LogP contribution is -2.12. The average Bonchev–Trinajstić information content (AvgIpc) is 2.85. The molecule has 0 spiro atoms. The van der Waals surface area contributed by atoms with Gasteiger partial charge in [-0.25, -0.2) is 0 Å². The van der Waals surface area contributed by atoms with Crippen molar-refractivity contribution in [2.24, 2.45) is 5.73 Å². The normalized spacial score (nSPS) is 9.75. The van der Waals surface area contributed by atoms with E-state index in [2.05, 4.69) is 17.2 Å². The highest BCUT2D eigenvalue weighted by atomic mass is 32.1. The number of hydrogen-bond donors (Lipinski definition) is 2. The minimum absolute atomic E-state index is 0.0999. The van der Waals surface area contributed by atoms with Crippen molar-refractivity contribution in [1.82, 2.24) is 0 Å². The van der Waals surface area contributed by atoms with Crippen LogP contribution in [0.1, 0.15) is 26.4 Å². The van der Waals surface area contributed by atoms with Gasteiger partial charge in [0, 0.05) is 5.56 Å². The number of carbonyl (C=O) groups is 1. The second-order valence-corrected chi connectivity index (χ2v) is 5.36. The highest BCUT2D eigenvalue weighted by Gasteiger charge is 2.12. The zero-order chi connectivity index (χ0) is 14.5. The van der Waals surface area contributed by atoms with E-state index in [9.17, 15) is 4.79 Å². The van der Waals surface area contributed by atoms with E-state index >= 15 is 0 Å². The number of nitrogens with one attached hydrogen (secondary N) is 1. The molecule has 0 unspecified atom stereocenters. The van der Waals surface area contributed by atoms with Gasteiger partial charge in [-0.3, -0.25) is 4.79 Å². The van der Waals surface area contributed by atoms with Gasteiger partial charge in [-0.05, 0) is 48.6 Å². The van der Waals surface area contributed by atoms with Gasteiger partial charge in [-0.15, -0.1) is 11.3 Å². The fourth-order valence-electron chi connectivity index (χ4n) is 1.80. The van der Waals surface area contributed by atoms with Gasteiger partial charge < -0.3 is 11.1 Å². The van der Waals surface area contributed by atoms with Gasteiger partial charge >= 0.3 is 0 Å². The van der Waals surface area contributed by atoms with Crippen molar-refractivity contribution >= 4 is 22.9 Å². The molecule has 0 saturated carbocycles. The molecule has 102 valence electrons. The van der Waals surface area contributed by atoms with Crippen LogP contribution in [0.15, 0.2) is 29.6 Å². The fraction of sp³-hybridized carbons (Fsp3) is 0.188. The highest BCUT2D eigenvalue weighted by Crippen LogP contribution is 2.21. The number of rotatable bonds is 2. The molecule has 0 aliphatic heterocycles. The summed E-state index contributed by atoms with van der Waals surface area (Å²) in [6.45, 7) is 4.21. The lowest BCUT2D eigenvalue weighted by atomic mass is 10.1. The topological polar surface area (TPSA) is 55.1 Å². The zero-order valence-electron chi connectivity index (χ0n) is 11.5. The summed E-state index contributed by atoms with van der Waals surface area (Å²) in [6.07, 6.45) is 0. The van der Waals surface area contributed by atoms with Gasteiger partial charge in [0.1, 0.15) is 0 Å². The first-order chi connectivity index (χ1) is 9.61. The second kappa shape index (κ2) is 6.38. The molecule has 1 heterocycles. The molecule has 1 aromatic heterocycles. The van der Waals surface area contributed by atoms with E-state index in [-0.39, 0.29) is 5.91 Å². The number of anilines is 1. The van der Waals surface area contributed by atoms with E-state index < -0.39 is 0 Å². The Morgan fingerprint density at radius 1 is 1.35 bits per heavy atom. The first kappa shape index (κ1) is 14.3. The lowest BCUT2D eigenvalue weighted by Gasteiger charge is -2.08. The summed E-state index contributed by atoms with van der Waals surface area (Å²) in [5.41, 5.74) is 8.99. The van der Waals surface area contributed by atoms with Crippen LogP contribution in [-0.4, -0.2) is 12.5 Å². The van der Waals surface area contributed by atoms with Crippen molar-refractivity contribution < 1.29 is 4.79 Å². The van der Waals surface area contributed by atoms with Crippen molar-refractivity contribution in [3.8, 4) is 11.8 Å². The van der Waals surface area contributed by atoms with Crippen molar-refractivity contribution in [1.29, 1.82) is 0 Å². The van der Waals surface area contributed by atoms with E-state index in [1.807, 2.05) is 43.5 Å². The second-order valence-electron chi connectivity index (χ2n) is 4.44. The lowest BCUT2D eigenvalue weighted by molar-refractivity contribution is 0.103. The molecule has 4 heteroatoms. The Labute approximate surface area is 122 Å². The smallest absolute Gasteiger partial charge is 0.266 e. The molecule has 0 fully saturated rings. The third kappa shape index (κ3) is 3.27. The molecular weight excluding hydrogens is 268 g/mol. The number of thiophene rings is 1. The summed E-state index contributed by atoms with van der Waals surface area (Å²) in [6, 6.07) is 7.70. The van der Waals surface area contributed by atoms with Crippen molar-refractivity contribution in [2.45, 2.75) is 13.8 Å². The van der Waals surface area contributed by atoms with Gasteiger partial charge in [0.25, 0.3) is 5.91 Å². The summed E-state index contributed by atoms with van der Waals surface area (Å²) in [4.78, 5) is 13.0. The quantitative estimate of drug-likeness (QED) is 0.833. The first-order valence-corrected chi connectivity index (χ1v) is 7.15. The van der Waals surface area contributed by atoms with Crippen molar-refractivity contribution in [3.63, 3.8) is 0 Å². The third-order valence-corrected chi connectivity index (χ3v) is 3.83. The molecule has 2 aromatic rings. The van der Waals surface area contributed by atoms with Crippen LogP contribution >= 0.6 is 11.3 Å². The Morgan fingerprint density at radius 2 is 2.15 bits per heavy atom. The van der Waals surface area contributed by atoms with E-state index in [1.54, 1.807) is 0 Å². The maximum atomic E-state index is 12.2. The fourth-order valence-corrected chi connectivity index (χ4v) is 2.62. The molecule has 20 heavy (non-hydrogen) atoms. The van der Waals surface area contributed by atoms with Crippen LogP contribution in [0, 0.1) is 25.7 Å². The molecule has 1 aromatic carbocycles. The molecule has 0 bridgehead atoms. The van der Waals surface area contributed by atoms with Crippen LogP contribution < -0.4 is 11.1 Å². The van der Waals surface area contributed by atoms with Crippen LogP contribution in [0.25, 0.3) is 0 Å². The van der Waals surface area contributed by atoms with Crippen molar-refractivity contribution in [2.75, 3.05) is 11.9 Å². The van der Waals surface area contributed by atoms with Crippen LogP contribution in [0.3, 0.4) is 0 Å². The Morgan fingerprint density at radius 3 is 2.80 bits per heavy atom. The summed E-state index contributed by atoms with van der Waals surface area (Å²) in [7, 11) is 0. The molecule has 0 saturated heterocycles. The van der Waals surface area contributed by atoms with Gasteiger partial charge in [0.05, 0.1) is 17.1 Å². The van der Waals surface area contributed by atoms with Crippen LogP contribution in [0.2, 0.25) is 0 Å². The van der Waals surface area contributed by atoms with Crippen LogP contribution in [0.4, 0.5) is 5.69 Å². The molecule has 0 aliphatic rings. The maximum absolute atomic E-state index is 12.2. The minimum atomic E-state index is -0.0999. The summed E-state index contributed by atoms with van der Waals surface area (Å²) < 4.78 is 0. The minimum Gasteiger partial charge on any atom is -0.320 e. The number of amides is 1. The summed E-state index contributed by atoms with van der Waals surface area (Å²) in [5, 5.41) is 4.83. The van der Waals surface area contributed by atoms with E-state index in [4.69, 9.17) is 5.73 Å². The Balaban J connectivity index is 2.29. The number of nitrogens with two attached hydrogens (primary N) is 1. The number of aryl methyl sites for hydroxylation is 2. The maximum Gasteiger partial charge on any atom is 0.266 e. The molecule has 3 nitrogen and oxygen atoms in total. The van der Waals surface area contributed by atoms with Gasteiger partial charge in [-0.1, -0.05) is 17.9 Å². The van der Waals surface area contributed by atoms with Gasteiger partial charge in [-0.2, -0.15) is 0 Å². The van der Waals surface area contributed by atoms with Crippen LogP contribution in [-0.2, 0) is 0 Å². The zero-order valence-corrected chi connectivity index (χ0v) is 12.3. The number of hydrogen-bond acceptors (Lipinski definition) is 3. The number of carbonyl (C=O) groups excluding carboxylic acids is 1. The van der Waals surface area contributed by atoms with E-state index in [1.165, 1.54) is 11.3 Å². The standard InChI is InChI=1S/C16H16N2OS/c1-11-5-6-14(13(10-11)4-3-8-17)18-16(19)15-12(2)7-9-20-15/h5-7,9-10H,8,17H2,1-2H3,(H,18,19). The summed E-state index contributed by atoms with van der Waals surface area (Å²) in [5.74, 6) is 5.71. The van der Waals surface area contributed by atoms with Gasteiger partial charge in [0.15, 0.2) is 0 Å². The van der Waals surface area contributed by atoms with Gasteiger partial charge in [0.2, 0.25) is 0 Å². The van der Waals surface area contributed by atoms with E-state index in [0.29, 0.717) is 12.2 Å². The van der Waals surface area contributed by atoms with Crippen LogP contribution in [0.5, 0.6) is 0 Å². The Bertz CT molecular complexity index is 692.